The van der Waals surface area contributed by atoms with Crippen LogP contribution in [0.4, 0.5) is 8.78 Å². The molecule has 0 spiro atoms. The van der Waals surface area contributed by atoms with Crippen molar-refractivity contribution in [1.82, 2.24) is 19.0 Å². The summed E-state index contributed by atoms with van der Waals surface area (Å²) in [6, 6.07) is 17.3. The van der Waals surface area contributed by atoms with Crippen molar-refractivity contribution in [2.75, 3.05) is 6.54 Å². The summed E-state index contributed by atoms with van der Waals surface area (Å²) in [4.78, 5) is 36.9. The van der Waals surface area contributed by atoms with Gasteiger partial charge in [0.15, 0.2) is 5.60 Å². The van der Waals surface area contributed by atoms with Crippen LogP contribution in [-0.4, -0.2) is 69.5 Å². The van der Waals surface area contributed by atoms with Crippen LogP contribution in [0.5, 0.6) is 0 Å². The molecule has 13 heteroatoms. The number of carbonyl (C=O) groups is 3. The lowest BCUT2D eigenvalue weighted by atomic mass is 9.96. The first-order valence-electron chi connectivity index (χ1n) is 13.2. The van der Waals surface area contributed by atoms with Gasteiger partial charge in [0, 0.05) is 56.2 Å². The average molecular weight is 599 g/mol. The lowest BCUT2D eigenvalue weighted by Crippen LogP contribution is -2.42. The number of imidazole rings is 1. The number of carboxylic acid groups (broad SMARTS) is 3. The Morgan fingerprint density at radius 3 is 2.12 bits per heavy atom. The van der Waals surface area contributed by atoms with Crippen LogP contribution in [-0.2, 0) is 34.0 Å². The Hall–Kier alpha value is -4.88. The topological polar surface area (TPSA) is 158 Å². The van der Waals surface area contributed by atoms with E-state index in [1.54, 1.807) is 24.4 Å². The fourth-order valence-corrected chi connectivity index (χ4v) is 4.37. The Kier molecular flexibility index (Phi) is 11.7. The SMILES string of the molecule is Fc1cccc(CN(CCCn2ccnc2)Cc2cccn2-c2cccc(F)c2)c1.O=C(O)CC(O)(CC(=O)O)C(=O)O. The number of nitrogens with zero attached hydrogens (tertiary/aromatic N) is 4. The molecule has 0 atom stereocenters. The second-order valence-electron chi connectivity index (χ2n) is 9.82. The number of benzene rings is 2. The van der Waals surface area contributed by atoms with Crippen molar-refractivity contribution in [3.8, 4) is 5.69 Å². The number of aliphatic carboxylic acids is 3. The van der Waals surface area contributed by atoms with Gasteiger partial charge in [-0.05, 0) is 54.4 Å². The summed E-state index contributed by atoms with van der Waals surface area (Å²) < 4.78 is 31.4. The maximum atomic E-state index is 13.7. The van der Waals surface area contributed by atoms with Crippen LogP contribution in [0.3, 0.4) is 0 Å². The van der Waals surface area contributed by atoms with Gasteiger partial charge in [0.1, 0.15) is 11.6 Å². The second-order valence-corrected chi connectivity index (χ2v) is 9.82. The molecule has 0 bridgehead atoms. The summed E-state index contributed by atoms with van der Waals surface area (Å²) >= 11 is 0. The van der Waals surface area contributed by atoms with Crippen molar-refractivity contribution in [3.63, 3.8) is 0 Å². The van der Waals surface area contributed by atoms with E-state index < -0.39 is 36.4 Å². The van der Waals surface area contributed by atoms with Crippen LogP contribution in [0.2, 0.25) is 0 Å². The molecule has 43 heavy (non-hydrogen) atoms. The number of hydrogen-bond acceptors (Lipinski definition) is 6. The Bertz CT molecular complexity index is 1490. The highest BCUT2D eigenvalue weighted by atomic mass is 19.1. The Morgan fingerprint density at radius 1 is 0.860 bits per heavy atom. The van der Waals surface area contributed by atoms with Gasteiger partial charge in [-0.15, -0.1) is 0 Å². The van der Waals surface area contributed by atoms with Crippen LogP contribution >= 0.6 is 0 Å². The van der Waals surface area contributed by atoms with Crippen LogP contribution in [0.25, 0.3) is 5.69 Å². The van der Waals surface area contributed by atoms with Crippen molar-refractivity contribution >= 4 is 17.9 Å². The zero-order valence-corrected chi connectivity index (χ0v) is 23.1. The molecular formula is C30H32F2N4O7. The smallest absolute Gasteiger partial charge is 0.336 e. The van der Waals surface area contributed by atoms with Gasteiger partial charge in [-0.25, -0.2) is 18.6 Å². The molecule has 11 nitrogen and oxygen atoms in total. The number of carboxylic acids is 3. The molecule has 4 rings (SSSR count). The molecule has 0 aliphatic rings. The van der Waals surface area contributed by atoms with E-state index in [0.29, 0.717) is 13.1 Å². The largest absolute Gasteiger partial charge is 0.481 e. The minimum atomic E-state index is -2.74. The average Bonchev–Trinajstić information content (AvgIpc) is 3.60. The van der Waals surface area contributed by atoms with E-state index >= 15 is 0 Å². The van der Waals surface area contributed by atoms with Gasteiger partial charge in [0.25, 0.3) is 0 Å². The third kappa shape index (κ3) is 10.5. The van der Waals surface area contributed by atoms with Crippen LogP contribution in [0.15, 0.2) is 85.6 Å². The third-order valence-electron chi connectivity index (χ3n) is 6.34. The van der Waals surface area contributed by atoms with E-state index in [1.165, 1.54) is 18.2 Å². The van der Waals surface area contributed by atoms with E-state index in [2.05, 4.69) is 14.5 Å². The molecule has 4 aromatic rings. The van der Waals surface area contributed by atoms with Crippen molar-refractivity contribution in [3.05, 3.63) is 108 Å². The van der Waals surface area contributed by atoms with Crippen molar-refractivity contribution < 1.29 is 43.6 Å². The summed E-state index contributed by atoms with van der Waals surface area (Å²) in [5.41, 5.74) is 0.0396. The maximum Gasteiger partial charge on any atom is 0.336 e. The van der Waals surface area contributed by atoms with E-state index in [1.807, 2.05) is 47.6 Å². The summed E-state index contributed by atoms with van der Waals surface area (Å²) in [5, 5.41) is 33.8. The fourth-order valence-electron chi connectivity index (χ4n) is 4.37. The molecule has 0 radical (unpaired) electrons. The minimum Gasteiger partial charge on any atom is -0.481 e. The standard InChI is InChI=1S/C24H24F2N4.C6H8O7/c25-21-6-1-5-20(15-21)17-29(12-4-11-28-14-10-27-19-28)18-24-9-3-13-30(24)23-8-2-7-22(26)16-23;7-3(8)1-6(13,5(11)12)2-4(9)10/h1-3,5-10,13-16,19H,4,11-12,17-18H2;13H,1-2H2,(H,7,8)(H,9,10)(H,11,12). The predicted octanol–water partition coefficient (Wildman–Crippen LogP) is 3.80. The third-order valence-corrected chi connectivity index (χ3v) is 6.34. The molecule has 2 aromatic carbocycles. The van der Waals surface area contributed by atoms with Crippen LogP contribution in [0, 0.1) is 11.6 Å². The van der Waals surface area contributed by atoms with Gasteiger partial charge in [0.2, 0.25) is 0 Å². The van der Waals surface area contributed by atoms with E-state index in [-0.39, 0.29) is 11.6 Å². The van der Waals surface area contributed by atoms with Crippen molar-refractivity contribution in [1.29, 1.82) is 0 Å². The van der Waals surface area contributed by atoms with Gasteiger partial charge in [-0.2, -0.15) is 0 Å². The first kappa shape index (κ1) is 32.6. The number of rotatable bonds is 14. The number of aryl methyl sites for hydroxylation is 1. The van der Waals surface area contributed by atoms with Gasteiger partial charge in [-0.3, -0.25) is 14.5 Å². The molecule has 0 amide bonds. The van der Waals surface area contributed by atoms with Crippen molar-refractivity contribution in [2.24, 2.45) is 0 Å². The zero-order valence-electron chi connectivity index (χ0n) is 23.1. The van der Waals surface area contributed by atoms with Gasteiger partial charge in [-0.1, -0.05) is 18.2 Å². The maximum absolute atomic E-state index is 13.7. The lowest BCUT2D eigenvalue weighted by Gasteiger charge is -2.23. The van der Waals surface area contributed by atoms with E-state index in [4.69, 9.17) is 20.4 Å². The van der Waals surface area contributed by atoms with E-state index in [9.17, 15) is 23.2 Å². The summed E-state index contributed by atoms with van der Waals surface area (Å²) in [6.45, 7) is 3.01. The quantitative estimate of drug-likeness (QED) is 0.169. The molecule has 0 aliphatic carbocycles. The van der Waals surface area contributed by atoms with Crippen molar-refractivity contribution in [2.45, 2.75) is 44.5 Å². The van der Waals surface area contributed by atoms with Gasteiger partial charge >= 0.3 is 17.9 Å². The summed E-state index contributed by atoms with van der Waals surface area (Å²) in [5.74, 6) is -5.51. The monoisotopic (exact) mass is 598 g/mol. The zero-order chi connectivity index (χ0) is 31.4. The molecule has 0 aliphatic heterocycles. The normalized spacial score (nSPS) is 11.2. The molecule has 228 valence electrons. The number of aromatic nitrogens is 3. The summed E-state index contributed by atoms with van der Waals surface area (Å²) in [6.07, 6.45) is 6.12. The first-order chi connectivity index (χ1) is 20.4. The highest BCUT2D eigenvalue weighted by Crippen LogP contribution is 2.18. The highest BCUT2D eigenvalue weighted by Gasteiger charge is 2.40. The van der Waals surface area contributed by atoms with Crippen LogP contribution < -0.4 is 0 Å². The molecule has 2 aromatic heterocycles. The van der Waals surface area contributed by atoms with Crippen LogP contribution in [0.1, 0.15) is 30.5 Å². The number of halogens is 2. The molecule has 0 saturated heterocycles. The summed E-state index contributed by atoms with van der Waals surface area (Å²) in [7, 11) is 0. The lowest BCUT2D eigenvalue weighted by molar-refractivity contribution is -0.170. The molecule has 0 fully saturated rings. The molecule has 0 unspecified atom stereocenters. The number of hydrogen-bond donors (Lipinski definition) is 4. The Morgan fingerprint density at radius 2 is 1.53 bits per heavy atom. The Balaban J connectivity index is 0.000000331. The fraction of sp³-hybridized carbons (Fsp3) is 0.267. The Labute approximate surface area is 245 Å². The molecule has 4 N–H and O–H groups in total. The minimum absolute atomic E-state index is 0.228. The molecular weight excluding hydrogens is 566 g/mol. The predicted molar refractivity (Wildman–Crippen MR) is 150 cm³/mol. The first-order valence-corrected chi connectivity index (χ1v) is 13.2. The van der Waals surface area contributed by atoms with E-state index in [0.717, 1.165) is 36.5 Å². The second kappa shape index (κ2) is 15.4. The highest BCUT2D eigenvalue weighted by molar-refractivity contribution is 5.88. The van der Waals surface area contributed by atoms with Gasteiger partial charge < -0.3 is 29.6 Å². The van der Waals surface area contributed by atoms with Gasteiger partial charge in [0.05, 0.1) is 19.2 Å². The molecule has 0 saturated carbocycles. The number of aliphatic hydroxyl groups is 1. The molecule has 2 heterocycles.